The summed E-state index contributed by atoms with van der Waals surface area (Å²) in [4.78, 5) is 4.67. The maximum atomic E-state index is 5.77. The number of nitrogens with zero attached hydrogens (tertiary/aromatic N) is 1. The van der Waals surface area contributed by atoms with Crippen LogP contribution in [0.2, 0.25) is 0 Å². The van der Waals surface area contributed by atoms with E-state index in [4.69, 9.17) is 4.74 Å². The maximum absolute atomic E-state index is 5.77. The van der Waals surface area contributed by atoms with E-state index in [-0.39, 0.29) is 5.41 Å². The summed E-state index contributed by atoms with van der Waals surface area (Å²) >= 11 is 1.78. The summed E-state index contributed by atoms with van der Waals surface area (Å²) in [6.07, 6.45) is 1.49. The number of benzene rings is 1. The van der Waals surface area contributed by atoms with E-state index in [0.717, 1.165) is 25.1 Å². The molecule has 0 saturated heterocycles. The van der Waals surface area contributed by atoms with Gasteiger partial charge in [-0.05, 0) is 25.5 Å². The number of rotatable bonds is 5. The Morgan fingerprint density at radius 2 is 2.20 bits per heavy atom. The number of para-hydroxylation sites is 1. The van der Waals surface area contributed by atoms with Crippen LogP contribution in [0.25, 0.3) is 10.2 Å². The van der Waals surface area contributed by atoms with Crippen LogP contribution in [0.1, 0.15) is 32.2 Å². The van der Waals surface area contributed by atoms with Gasteiger partial charge in [-0.2, -0.15) is 0 Å². The van der Waals surface area contributed by atoms with Crippen molar-refractivity contribution in [3.63, 3.8) is 0 Å². The topological polar surface area (TPSA) is 34.1 Å². The zero-order valence-corrected chi connectivity index (χ0v) is 13.2. The smallest absolute Gasteiger partial charge is 0.108 e. The van der Waals surface area contributed by atoms with Crippen LogP contribution in [0.15, 0.2) is 24.3 Å². The molecule has 2 unspecified atom stereocenters. The minimum Gasteiger partial charge on any atom is -0.378 e. The Morgan fingerprint density at radius 3 is 2.90 bits per heavy atom. The molecule has 1 fully saturated rings. The first-order valence-electron chi connectivity index (χ1n) is 7.30. The zero-order valence-electron chi connectivity index (χ0n) is 12.3. The second kappa shape index (κ2) is 5.43. The lowest BCUT2D eigenvalue weighted by molar-refractivity contribution is -0.114. The first kappa shape index (κ1) is 14.0. The quantitative estimate of drug-likeness (QED) is 0.913. The maximum Gasteiger partial charge on any atom is 0.108 e. The molecule has 1 saturated carbocycles. The number of hydrogen-bond acceptors (Lipinski definition) is 4. The molecule has 3 nitrogen and oxygen atoms in total. The predicted molar refractivity (Wildman–Crippen MR) is 84.1 cm³/mol. The summed E-state index contributed by atoms with van der Waals surface area (Å²) in [5.74, 6) is 0. The highest BCUT2D eigenvalue weighted by Crippen LogP contribution is 2.42. The van der Waals surface area contributed by atoms with E-state index in [1.807, 2.05) is 6.07 Å². The largest absolute Gasteiger partial charge is 0.378 e. The Kier molecular flexibility index (Phi) is 3.80. The number of aromatic nitrogens is 1. The highest BCUT2D eigenvalue weighted by molar-refractivity contribution is 7.18. The molecule has 20 heavy (non-hydrogen) atoms. The monoisotopic (exact) mass is 290 g/mol. The van der Waals surface area contributed by atoms with Gasteiger partial charge in [0, 0.05) is 24.6 Å². The van der Waals surface area contributed by atoms with Crippen molar-refractivity contribution in [1.29, 1.82) is 0 Å². The van der Waals surface area contributed by atoms with Crippen molar-refractivity contribution in [3.05, 3.63) is 29.3 Å². The van der Waals surface area contributed by atoms with Crippen molar-refractivity contribution >= 4 is 21.6 Å². The summed E-state index contributed by atoms with van der Waals surface area (Å²) in [5, 5.41) is 4.81. The fraction of sp³-hybridized carbons (Fsp3) is 0.562. The van der Waals surface area contributed by atoms with E-state index >= 15 is 0 Å². The molecule has 1 aromatic heterocycles. The molecule has 0 spiro atoms. The molecular formula is C16H22N2OS. The molecule has 1 aliphatic carbocycles. The lowest BCUT2D eigenvalue weighted by Crippen LogP contribution is -2.60. The molecule has 0 bridgehead atoms. The normalized spacial score (nSPS) is 24.8. The van der Waals surface area contributed by atoms with Crippen molar-refractivity contribution in [2.75, 3.05) is 6.61 Å². The fourth-order valence-corrected chi connectivity index (χ4v) is 3.84. The Morgan fingerprint density at radius 1 is 1.40 bits per heavy atom. The van der Waals surface area contributed by atoms with Crippen LogP contribution < -0.4 is 5.32 Å². The van der Waals surface area contributed by atoms with Gasteiger partial charge in [0.05, 0.1) is 16.3 Å². The van der Waals surface area contributed by atoms with Crippen LogP contribution in [-0.4, -0.2) is 23.7 Å². The Labute approximate surface area is 124 Å². The van der Waals surface area contributed by atoms with E-state index in [2.05, 4.69) is 49.3 Å². The molecule has 0 aliphatic heterocycles. The molecule has 2 aromatic rings. The van der Waals surface area contributed by atoms with Gasteiger partial charge in [-0.25, -0.2) is 4.98 Å². The van der Waals surface area contributed by atoms with Gasteiger partial charge in [-0.3, -0.25) is 0 Å². The molecule has 3 rings (SSSR count). The molecule has 4 heteroatoms. The van der Waals surface area contributed by atoms with Crippen molar-refractivity contribution < 1.29 is 4.74 Å². The predicted octanol–water partition coefficient (Wildman–Crippen LogP) is 3.59. The van der Waals surface area contributed by atoms with Gasteiger partial charge in [-0.15, -0.1) is 11.3 Å². The molecule has 2 atom stereocenters. The molecule has 1 heterocycles. The van der Waals surface area contributed by atoms with Crippen LogP contribution in [0.4, 0.5) is 0 Å². The summed E-state index contributed by atoms with van der Waals surface area (Å²) in [5.41, 5.74) is 1.32. The number of hydrogen-bond donors (Lipinski definition) is 1. The van der Waals surface area contributed by atoms with E-state index in [1.165, 1.54) is 9.71 Å². The number of nitrogens with one attached hydrogen (secondary N) is 1. The molecule has 1 N–H and O–H groups in total. The Hall–Kier alpha value is -0.970. The molecule has 0 amide bonds. The standard InChI is InChI=1S/C16H22N2OS/c1-4-19-14-9-13(16(14,2)3)17-10-15-18-11-7-5-6-8-12(11)20-15/h5-8,13-14,17H,4,9-10H2,1-3H3. The van der Waals surface area contributed by atoms with Crippen LogP contribution in [0, 0.1) is 5.41 Å². The highest BCUT2D eigenvalue weighted by atomic mass is 32.1. The minimum absolute atomic E-state index is 0.215. The third-order valence-electron chi connectivity index (χ3n) is 4.38. The van der Waals surface area contributed by atoms with E-state index in [9.17, 15) is 0 Å². The van der Waals surface area contributed by atoms with Gasteiger partial charge >= 0.3 is 0 Å². The Balaban J connectivity index is 1.60. The summed E-state index contributed by atoms with van der Waals surface area (Å²) in [6, 6.07) is 8.84. The third kappa shape index (κ3) is 2.48. The zero-order chi connectivity index (χ0) is 14.2. The second-order valence-corrected chi connectivity index (χ2v) is 7.13. The number of ether oxygens (including phenoxy) is 1. The van der Waals surface area contributed by atoms with Gasteiger partial charge in [0.15, 0.2) is 0 Å². The van der Waals surface area contributed by atoms with Crippen molar-refractivity contribution in [3.8, 4) is 0 Å². The van der Waals surface area contributed by atoms with E-state index in [1.54, 1.807) is 11.3 Å². The second-order valence-electron chi connectivity index (χ2n) is 6.01. The lowest BCUT2D eigenvalue weighted by atomic mass is 9.64. The van der Waals surface area contributed by atoms with Gasteiger partial charge in [0.25, 0.3) is 0 Å². The van der Waals surface area contributed by atoms with Gasteiger partial charge < -0.3 is 10.1 Å². The van der Waals surface area contributed by atoms with E-state index < -0.39 is 0 Å². The fourth-order valence-electron chi connectivity index (χ4n) is 2.92. The number of fused-ring (bicyclic) bond motifs is 1. The molecule has 108 valence electrons. The average Bonchev–Trinajstić information content (AvgIpc) is 2.84. The Bertz CT molecular complexity index is 560. The molecule has 1 aliphatic rings. The average molecular weight is 290 g/mol. The van der Waals surface area contributed by atoms with Crippen LogP contribution in [0.3, 0.4) is 0 Å². The van der Waals surface area contributed by atoms with Gasteiger partial charge in [-0.1, -0.05) is 26.0 Å². The van der Waals surface area contributed by atoms with Crippen molar-refractivity contribution in [1.82, 2.24) is 10.3 Å². The molecule has 1 aromatic carbocycles. The summed E-state index contributed by atoms with van der Waals surface area (Å²) in [7, 11) is 0. The SMILES string of the molecule is CCOC1CC(NCc2nc3ccccc3s2)C1(C)C. The van der Waals surface area contributed by atoms with Crippen LogP contribution in [-0.2, 0) is 11.3 Å². The lowest BCUT2D eigenvalue weighted by Gasteiger charge is -2.51. The summed E-state index contributed by atoms with van der Waals surface area (Å²) < 4.78 is 7.04. The van der Waals surface area contributed by atoms with Gasteiger partial charge in [0.1, 0.15) is 5.01 Å². The minimum atomic E-state index is 0.215. The summed E-state index contributed by atoms with van der Waals surface area (Å²) in [6.45, 7) is 8.29. The third-order valence-corrected chi connectivity index (χ3v) is 5.42. The highest BCUT2D eigenvalue weighted by Gasteiger charge is 2.48. The first-order valence-corrected chi connectivity index (χ1v) is 8.12. The van der Waals surface area contributed by atoms with Gasteiger partial charge in [0.2, 0.25) is 0 Å². The molecule has 0 radical (unpaired) electrons. The van der Waals surface area contributed by atoms with Crippen molar-refractivity contribution in [2.45, 2.75) is 45.9 Å². The van der Waals surface area contributed by atoms with E-state index in [0.29, 0.717) is 12.1 Å². The number of thiazole rings is 1. The van der Waals surface area contributed by atoms with Crippen LogP contribution in [0.5, 0.6) is 0 Å². The van der Waals surface area contributed by atoms with Crippen molar-refractivity contribution in [2.24, 2.45) is 5.41 Å². The first-order chi connectivity index (χ1) is 9.61. The van der Waals surface area contributed by atoms with Crippen LogP contribution >= 0.6 is 11.3 Å². The molecular weight excluding hydrogens is 268 g/mol.